The SMILES string of the molecule is Nc1cccc2[nH]c(-c3ccnc(-c4ncc[nH]4)n3)cc12. The van der Waals surface area contributed by atoms with E-state index in [2.05, 4.69) is 24.9 Å². The molecule has 0 bridgehead atoms. The van der Waals surface area contributed by atoms with Gasteiger partial charge < -0.3 is 15.7 Å². The molecule has 4 N–H and O–H groups in total. The summed E-state index contributed by atoms with van der Waals surface area (Å²) in [6, 6.07) is 9.65. The molecule has 0 aliphatic rings. The van der Waals surface area contributed by atoms with Crippen LogP contribution in [0.2, 0.25) is 0 Å². The number of fused-ring (bicyclic) bond motifs is 1. The van der Waals surface area contributed by atoms with Crippen molar-refractivity contribution in [2.24, 2.45) is 0 Å². The molecule has 0 fully saturated rings. The van der Waals surface area contributed by atoms with Gasteiger partial charge >= 0.3 is 0 Å². The number of nitrogens with zero attached hydrogens (tertiary/aromatic N) is 3. The molecule has 0 aliphatic heterocycles. The van der Waals surface area contributed by atoms with E-state index in [1.807, 2.05) is 30.3 Å². The van der Waals surface area contributed by atoms with Gasteiger partial charge in [0.2, 0.25) is 0 Å². The number of aromatic nitrogens is 5. The molecule has 0 aliphatic carbocycles. The fourth-order valence-corrected chi connectivity index (χ4v) is 2.33. The van der Waals surface area contributed by atoms with Crippen molar-refractivity contribution in [1.29, 1.82) is 0 Å². The third-order valence-electron chi connectivity index (χ3n) is 3.34. The molecular formula is C15H12N6. The van der Waals surface area contributed by atoms with Gasteiger partial charge in [-0.2, -0.15) is 0 Å². The van der Waals surface area contributed by atoms with Crippen LogP contribution in [0, 0.1) is 0 Å². The molecule has 0 unspecified atom stereocenters. The number of rotatable bonds is 2. The van der Waals surface area contributed by atoms with Gasteiger partial charge in [-0.15, -0.1) is 0 Å². The van der Waals surface area contributed by atoms with E-state index in [9.17, 15) is 0 Å². The zero-order valence-corrected chi connectivity index (χ0v) is 11.0. The van der Waals surface area contributed by atoms with Crippen molar-refractivity contribution in [3.05, 3.63) is 48.9 Å². The van der Waals surface area contributed by atoms with Gasteiger partial charge in [0, 0.05) is 35.2 Å². The number of nitrogens with two attached hydrogens (primary N) is 1. The van der Waals surface area contributed by atoms with Gasteiger partial charge in [0.15, 0.2) is 11.6 Å². The molecule has 3 aromatic heterocycles. The second-order valence-corrected chi connectivity index (χ2v) is 4.69. The average Bonchev–Trinajstić information content (AvgIpc) is 3.18. The summed E-state index contributed by atoms with van der Waals surface area (Å²) in [4.78, 5) is 19.3. The summed E-state index contributed by atoms with van der Waals surface area (Å²) in [5.41, 5.74) is 9.42. The fraction of sp³-hybridized carbons (Fsp3) is 0. The third-order valence-corrected chi connectivity index (χ3v) is 3.34. The van der Waals surface area contributed by atoms with Crippen LogP contribution in [-0.4, -0.2) is 24.9 Å². The highest BCUT2D eigenvalue weighted by Crippen LogP contribution is 2.27. The van der Waals surface area contributed by atoms with Crippen LogP contribution < -0.4 is 5.73 Å². The van der Waals surface area contributed by atoms with Crippen LogP contribution >= 0.6 is 0 Å². The lowest BCUT2D eigenvalue weighted by atomic mass is 10.2. The molecule has 6 nitrogen and oxygen atoms in total. The molecule has 0 saturated carbocycles. The summed E-state index contributed by atoms with van der Waals surface area (Å²) in [6.07, 6.45) is 5.14. The van der Waals surface area contributed by atoms with Crippen molar-refractivity contribution in [2.45, 2.75) is 0 Å². The summed E-state index contributed by atoms with van der Waals surface area (Å²) < 4.78 is 0. The van der Waals surface area contributed by atoms with Gasteiger partial charge in [-0.25, -0.2) is 15.0 Å². The Kier molecular flexibility index (Phi) is 2.47. The summed E-state index contributed by atoms with van der Waals surface area (Å²) in [6.45, 7) is 0. The van der Waals surface area contributed by atoms with Gasteiger partial charge in [-0.05, 0) is 24.3 Å². The summed E-state index contributed by atoms with van der Waals surface area (Å²) in [5.74, 6) is 1.21. The fourth-order valence-electron chi connectivity index (χ4n) is 2.33. The van der Waals surface area contributed by atoms with Gasteiger partial charge in [0.05, 0.1) is 11.4 Å². The maximum atomic E-state index is 5.99. The Labute approximate surface area is 120 Å². The standard InChI is InChI=1S/C15H12N6/c16-10-2-1-3-11-9(10)8-13(20-11)12-4-5-17-15(21-12)14-18-6-7-19-14/h1-8,20H,16H2,(H,18,19). The van der Waals surface area contributed by atoms with Crippen molar-refractivity contribution in [3.8, 4) is 23.0 Å². The normalized spacial score (nSPS) is 11.0. The van der Waals surface area contributed by atoms with Crippen molar-refractivity contribution < 1.29 is 0 Å². The molecule has 1 aromatic carbocycles. The number of imidazole rings is 1. The molecule has 0 amide bonds. The Balaban J connectivity index is 1.85. The molecule has 0 atom stereocenters. The highest BCUT2D eigenvalue weighted by atomic mass is 15.0. The molecule has 4 rings (SSSR count). The number of anilines is 1. The highest BCUT2D eigenvalue weighted by Gasteiger charge is 2.09. The smallest absolute Gasteiger partial charge is 0.196 e. The molecule has 6 heteroatoms. The van der Waals surface area contributed by atoms with Crippen LogP contribution in [0.5, 0.6) is 0 Å². The van der Waals surface area contributed by atoms with Gasteiger partial charge in [0.25, 0.3) is 0 Å². The Morgan fingerprint density at radius 1 is 1.05 bits per heavy atom. The van der Waals surface area contributed by atoms with E-state index in [0.29, 0.717) is 11.6 Å². The van der Waals surface area contributed by atoms with Crippen molar-refractivity contribution in [2.75, 3.05) is 5.73 Å². The lowest BCUT2D eigenvalue weighted by molar-refractivity contribution is 1.12. The van der Waals surface area contributed by atoms with E-state index < -0.39 is 0 Å². The largest absolute Gasteiger partial charge is 0.398 e. The van der Waals surface area contributed by atoms with Crippen molar-refractivity contribution in [1.82, 2.24) is 24.9 Å². The Bertz CT molecular complexity index is 907. The van der Waals surface area contributed by atoms with Crippen LogP contribution in [0.4, 0.5) is 5.69 Å². The molecule has 0 saturated heterocycles. The Morgan fingerprint density at radius 3 is 2.81 bits per heavy atom. The minimum Gasteiger partial charge on any atom is -0.398 e. The molecule has 4 aromatic rings. The molecule has 0 spiro atoms. The first-order valence-corrected chi connectivity index (χ1v) is 6.51. The Hall–Kier alpha value is -3.15. The van der Waals surface area contributed by atoms with Gasteiger partial charge in [-0.1, -0.05) is 6.07 Å². The van der Waals surface area contributed by atoms with Gasteiger partial charge in [-0.3, -0.25) is 0 Å². The third kappa shape index (κ3) is 1.93. The second kappa shape index (κ2) is 4.45. The monoisotopic (exact) mass is 276 g/mol. The lowest BCUT2D eigenvalue weighted by Gasteiger charge is -1.99. The van der Waals surface area contributed by atoms with Crippen LogP contribution in [0.3, 0.4) is 0 Å². The number of H-pyrrole nitrogens is 2. The van der Waals surface area contributed by atoms with Crippen molar-refractivity contribution in [3.63, 3.8) is 0 Å². The highest BCUT2D eigenvalue weighted by molar-refractivity contribution is 5.94. The lowest BCUT2D eigenvalue weighted by Crippen LogP contribution is -1.92. The number of hydrogen-bond donors (Lipinski definition) is 3. The molecule has 102 valence electrons. The van der Waals surface area contributed by atoms with E-state index in [-0.39, 0.29) is 0 Å². The second-order valence-electron chi connectivity index (χ2n) is 4.69. The number of nitrogen functional groups attached to an aromatic ring is 1. The maximum Gasteiger partial charge on any atom is 0.196 e. The predicted octanol–water partition coefficient (Wildman–Crippen LogP) is 2.60. The minimum atomic E-state index is 0.559. The summed E-state index contributed by atoms with van der Waals surface area (Å²) in [5, 5.41) is 0.991. The molecule has 21 heavy (non-hydrogen) atoms. The Morgan fingerprint density at radius 2 is 2.00 bits per heavy atom. The van der Waals surface area contributed by atoms with Gasteiger partial charge in [0.1, 0.15) is 0 Å². The number of hydrogen-bond acceptors (Lipinski definition) is 4. The number of aromatic amines is 2. The van der Waals surface area contributed by atoms with E-state index in [1.54, 1.807) is 18.6 Å². The van der Waals surface area contributed by atoms with Crippen LogP contribution in [-0.2, 0) is 0 Å². The van der Waals surface area contributed by atoms with Crippen molar-refractivity contribution >= 4 is 16.6 Å². The zero-order valence-electron chi connectivity index (χ0n) is 11.0. The zero-order chi connectivity index (χ0) is 14.2. The predicted molar refractivity (Wildman–Crippen MR) is 81.3 cm³/mol. The summed E-state index contributed by atoms with van der Waals surface area (Å²) in [7, 11) is 0. The first kappa shape index (κ1) is 11.7. The summed E-state index contributed by atoms with van der Waals surface area (Å²) >= 11 is 0. The van der Waals surface area contributed by atoms with Crippen LogP contribution in [0.25, 0.3) is 33.9 Å². The van der Waals surface area contributed by atoms with E-state index in [0.717, 1.165) is 28.0 Å². The molecule has 3 heterocycles. The topological polar surface area (TPSA) is 96.3 Å². The number of benzene rings is 1. The first-order chi connectivity index (χ1) is 10.3. The van der Waals surface area contributed by atoms with E-state index in [4.69, 9.17) is 5.73 Å². The number of nitrogens with one attached hydrogen (secondary N) is 2. The van der Waals surface area contributed by atoms with Crippen LogP contribution in [0.1, 0.15) is 0 Å². The van der Waals surface area contributed by atoms with E-state index in [1.165, 1.54) is 0 Å². The maximum absolute atomic E-state index is 5.99. The first-order valence-electron chi connectivity index (χ1n) is 6.51. The van der Waals surface area contributed by atoms with Crippen LogP contribution in [0.15, 0.2) is 48.9 Å². The quantitative estimate of drug-likeness (QED) is 0.490. The van der Waals surface area contributed by atoms with E-state index >= 15 is 0 Å². The molecule has 0 radical (unpaired) electrons. The molecular weight excluding hydrogens is 264 g/mol. The minimum absolute atomic E-state index is 0.559. The average molecular weight is 276 g/mol.